The molecule has 1 saturated heterocycles. The van der Waals surface area contributed by atoms with E-state index < -0.39 is 36.8 Å². The first-order chi connectivity index (χ1) is 18.6. The standard InChI is InChI=1S/C31H33BFNO5/c1-30(2)31(3,4)39-32(38-30)22(16-20-10-9-11-21(18-35)28(20)33)17-34-29(36)37-19-27-25-14-7-5-12-23(25)24-13-6-8-15-26(24)27/h5-16,27,35H,17-19H2,1-4H3,(H,34,36). The molecule has 6 nitrogen and oxygen atoms in total. The number of amides is 1. The van der Waals surface area contributed by atoms with E-state index in [1.165, 1.54) is 6.07 Å². The second-order valence-corrected chi connectivity index (χ2v) is 11.0. The van der Waals surface area contributed by atoms with E-state index in [1.807, 2.05) is 52.0 Å². The highest BCUT2D eigenvalue weighted by Gasteiger charge is 2.52. The third-order valence-corrected chi connectivity index (χ3v) is 7.96. The SMILES string of the molecule is CC1(C)OB(C(=Cc2cccc(CO)c2F)CNC(=O)OCC2c3ccccc3-c3ccccc32)OC1(C)C. The number of carbonyl (C=O) groups is 1. The summed E-state index contributed by atoms with van der Waals surface area (Å²) >= 11 is 0. The Kier molecular flexibility index (Phi) is 7.38. The van der Waals surface area contributed by atoms with Crippen molar-refractivity contribution in [3.8, 4) is 11.1 Å². The van der Waals surface area contributed by atoms with Crippen molar-refractivity contribution >= 4 is 19.3 Å². The van der Waals surface area contributed by atoms with E-state index in [0.717, 1.165) is 22.3 Å². The van der Waals surface area contributed by atoms with Crippen molar-refractivity contribution in [2.45, 2.75) is 51.4 Å². The smallest absolute Gasteiger partial charge is 0.449 e. The number of ether oxygens (including phenoxy) is 1. The third kappa shape index (κ3) is 5.24. The lowest BCUT2D eigenvalue weighted by Crippen LogP contribution is -2.41. The number of aliphatic hydroxyl groups excluding tert-OH is 1. The average molecular weight is 529 g/mol. The molecule has 1 amide bonds. The summed E-state index contributed by atoms with van der Waals surface area (Å²) in [5, 5.41) is 12.3. The summed E-state index contributed by atoms with van der Waals surface area (Å²) in [4.78, 5) is 12.9. The van der Waals surface area contributed by atoms with E-state index in [0.29, 0.717) is 5.47 Å². The van der Waals surface area contributed by atoms with Crippen LogP contribution in [-0.4, -0.2) is 42.7 Å². The minimum atomic E-state index is -0.805. The van der Waals surface area contributed by atoms with Crippen LogP contribution in [0.4, 0.5) is 9.18 Å². The number of nitrogens with one attached hydrogen (secondary N) is 1. The fourth-order valence-corrected chi connectivity index (χ4v) is 5.05. The second kappa shape index (κ2) is 10.6. The Morgan fingerprint density at radius 2 is 1.56 bits per heavy atom. The van der Waals surface area contributed by atoms with Crippen molar-refractivity contribution in [1.29, 1.82) is 0 Å². The topological polar surface area (TPSA) is 77.0 Å². The van der Waals surface area contributed by atoms with Crippen LogP contribution in [0.15, 0.2) is 72.2 Å². The quantitative estimate of drug-likeness (QED) is 0.375. The van der Waals surface area contributed by atoms with Crippen LogP contribution in [0.2, 0.25) is 0 Å². The number of alkyl carbamates (subject to hydrolysis) is 1. The molecule has 2 aliphatic rings. The molecule has 202 valence electrons. The summed E-state index contributed by atoms with van der Waals surface area (Å²) in [5.74, 6) is -0.591. The number of benzene rings is 3. The first-order valence-corrected chi connectivity index (χ1v) is 13.1. The minimum Gasteiger partial charge on any atom is -0.449 e. The van der Waals surface area contributed by atoms with E-state index in [2.05, 4.69) is 29.6 Å². The Balaban J connectivity index is 1.32. The normalized spacial score (nSPS) is 17.6. The van der Waals surface area contributed by atoms with Crippen LogP contribution in [0, 0.1) is 5.82 Å². The van der Waals surface area contributed by atoms with Crippen LogP contribution in [0.5, 0.6) is 0 Å². The van der Waals surface area contributed by atoms with Gasteiger partial charge in [0.1, 0.15) is 12.4 Å². The molecule has 0 radical (unpaired) electrons. The van der Waals surface area contributed by atoms with Crippen LogP contribution >= 0.6 is 0 Å². The van der Waals surface area contributed by atoms with Crippen molar-refractivity contribution in [1.82, 2.24) is 5.32 Å². The number of fused-ring (bicyclic) bond motifs is 3. The lowest BCUT2D eigenvalue weighted by Gasteiger charge is -2.32. The van der Waals surface area contributed by atoms with Gasteiger partial charge in [-0.3, -0.25) is 0 Å². The molecule has 1 fully saturated rings. The van der Waals surface area contributed by atoms with Crippen LogP contribution in [0.1, 0.15) is 55.9 Å². The highest BCUT2D eigenvalue weighted by Crippen LogP contribution is 2.44. The first-order valence-electron chi connectivity index (χ1n) is 13.1. The molecule has 3 aromatic rings. The van der Waals surface area contributed by atoms with Crippen LogP contribution in [0.3, 0.4) is 0 Å². The van der Waals surface area contributed by atoms with Crippen LogP contribution < -0.4 is 5.32 Å². The molecule has 0 bridgehead atoms. The number of hydrogen-bond donors (Lipinski definition) is 2. The summed E-state index contributed by atoms with van der Waals surface area (Å²) in [6.07, 6.45) is 1.00. The fraction of sp³-hybridized carbons (Fsp3) is 0.323. The molecule has 3 aromatic carbocycles. The summed E-state index contributed by atoms with van der Waals surface area (Å²) in [5.41, 5.74) is 4.30. The second-order valence-electron chi connectivity index (χ2n) is 11.0. The molecule has 0 aromatic heterocycles. The van der Waals surface area contributed by atoms with Gasteiger partial charge < -0.3 is 24.5 Å². The molecule has 5 rings (SSSR count). The van der Waals surface area contributed by atoms with E-state index in [1.54, 1.807) is 18.2 Å². The Hall–Kier alpha value is -3.46. The first kappa shape index (κ1) is 27.1. The van der Waals surface area contributed by atoms with Gasteiger partial charge in [0.15, 0.2) is 0 Å². The number of aliphatic hydroxyl groups is 1. The van der Waals surface area contributed by atoms with Gasteiger partial charge >= 0.3 is 13.2 Å². The van der Waals surface area contributed by atoms with Gasteiger partial charge in [0.05, 0.1) is 17.8 Å². The minimum absolute atomic E-state index is 0.0241. The molecule has 0 atom stereocenters. The summed E-state index contributed by atoms with van der Waals surface area (Å²) in [7, 11) is -0.805. The van der Waals surface area contributed by atoms with Crippen LogP contribution in [0.25, 0.3) is 17.2 Å². The van der Waals surface area contributed by atoms with Crippen LogP contribution in [-0.2, 0) is 20.7 Å². The van der Waals surface area contributed by atoms with Gasteiger partial charge in [-0.1, -0.05) is 72.8 Å². The Morgan fingerprint density at radius 1 is 0.974 bits per heavy atom. The maximum atomic E-state index is 15.0. The van der Waals surface area contributed by atoms with Gasteiger partial charge in [-0.05, 0) is 55.4 Å². The van der Waals surface area contributed by atoms with Gasteiger partial charge in [-0.15, -0.1) is 0 Å². The number of hydrogen-bond acceptors (Lipinski definition) is 5. The molecule has 1 aliphatic carbocycles. The van der Waals surface area contributed by atoms with Gasteiger partial charge in [-0.2, -0.15) is 0 Å². The molecule has 1 heterocycles. The van der Waals surface area contributed by atoms with Crippen molar-refractivity contribution in [2.24, 2.45) is 0 Å². The molecule has 2 N–H and O–H groups in total. The molecule has 0 unspecified atom stereocenters. The Morgan fingerprint density at radius 3 is 2.15 bits per heavy atom. The van der Waals surface area contributed by atoms with E-state index in [-0.39, 0.29) is 30.2 Å². The largest absolute Gasteiger partial charge is 0.492 e. The molecule has 0 spiro atoms. The van der Waals surface area contributed by atoms with E-state index >= 15 is 0 Å². The van der Waals surface area contributed by atoms with Crippen molar-refractivity contribution in [2.75, 3.05) is 13.2 Å². The van der Waals surface area contributed by atoms with Gasteiger partial charge in [0.25, 0.3) is 0 Å². The van der Waals surface area contributed by atoms with E-state index in [4.69, 9.17) is 14.0 Å². The third-order valence-electron chi connectivity index (χ3n) is 7.96. The highest BCUT2D eigenvalue weighted by atomic mass is 19.1. The molecule has 39 heavy (non-hydrogen) atoms. The summed E-state index contributed by atoms with van der Waals surface area (Å²) < 4.78 is 33.0. The summed E-state index contributed by atoms with van der Waals surface area (Å²) in [6, 6.07) is 21.1. The van der Waals surface area contributed by atoms with Gasteiger partial charge in [0.2, 0.25) is 0 Å². The number of carbonyl (C=O) groups excluding carboxylic acids is 1. The zero-order chi connectivity index (χ0) is 27.8. The highest BCUT2D eigenvalue weighted by molar-refractivity contribution is 6.56. The number of rotatable bonds is 7. The average Bonchev–Trinajstić information content (AvgIpc) is 3.35. The van der Waals surface area contributed by atoms with Crippen molar-refractivity contribution < 1.29 is 28.3 Å². The maximum absolute atomic E-state index is 15.0. The lowest BCUT2D eigenvalue weighted by atomic mass is 9.77. The zero-order valence-electron chi connectivity index (χ0n) is 22.7. The van der Waals surface area contributed by atoms with Gasteiger partial charge in [0, 0.05) is 23.6 Å². The molecular formula is C31H33BFNO5. The lowest BCUT2D eigenvalue weighted by molar-refractivity contribution is 0.00578. The van der Waals surface area contributed by atoms with Gasteiger partial charge in [-0.25, -0.2) is 9.18 Å². The fourth-order valence-electron chi connectivity index (χ4n) is 5.05. The predicted molar refractivity (Wildman–Crippen MR) is 149 cm³/mol. The maximum Gasteiger partial charge on any atom is 0.492 e. The Bertz CT molecular complexity index is 1360. The molecule has 1 aliphatic heterocycles. The molecular weight excluding hydrogens is 496 g/mol. The predicted octanol–water partition coefficient (Wildman–Crippen LogP) is 5.87. The van der Waals surface area contributed by atoms with Crippen molar-refractivity contribution in [3.05, 3.63) is 100 Å². The summed E-state index contributed by atoms with van der Waals surface area (Å²) in [6.45, 7) is 7.50. The van der Waals surface area contributed by atoms with E-state index in [9.17, 15) is 14.3 Å². The Labute approximate surface area is 228 Å². The zero-order valence-corrected chi connectivity index (χ0v) is 22.7. The molecule has 0 saturated carbocycles. The van der Waals surface area contributed by atoms with Crippen molar-refractivity contribution in [3.63, 3.8) is 0 Å². The monoisotopic (exact) mass is 529 g/mol. The number of halogens is 1. The molecule has 8 heteroatoms.